The van der Waals surface area contributed by atoms with E-state index in [0.717, 1.165) is 43.4 Å². The third-order valence-electron chi connectivity index (χ3n) is 5.03. The normalized spacial score (nSPS) is 24.7. The van der Waals surface area contributed by atoms with Gasteiger partial charge in [-0.25, -0.2) is 0 Å². The second kappa shape index (κ2) is 7.65. The van der Waals surface area contributed by atoms with Crippen LogP contribution in [0.1, 0.15) is 63.0 Å². The second-order valence-corrected chi connectivity index (χ2v) is 6.74. The van der Waals surface area contributed by atoms with Gasteiger partial charge in [-0.2, -0.15) is 0 Å². The average Bonchev–Trinajstić information content (AvgIpc) is 2.98. The molecule has 0 bridgehead atoms. The van der Waals surface area contributed by atoms with E-state index in [2.05, 4.69) is 0 Å². The van der Waals surface area contributed by atoms with Gasteiger partial charge in [-0.15, -0.1) is 0 Å². The quantitative estimate of drug-likeness (QED) is 0.861. The average molecular weight is 320 g/mol. The topological polar surface area (TPSA) is 47.9 Å². The van der Waals surface area contributed by atoms with Gasteiger partial charge in [0.2, 0.25) is 0 Å². The van der Waals surface area contributed by atoms with E-state index in [9.17, 15) is 5.11 Å². The molecule has 1 aromatic carbocycles. The Hall–Kier alpha value is -1.10. The van der Waals surface area contributed by atoms with Gasteiger partial charge in [0.05, 0.1) is 25.9 Å². The number of aliphatic hydroxyl groups is 1. The zero-order chi connectivity index (χ0) is 16.1. The molecule has 1 unspecified atom stereocenters. The summed E-state index contributed by atoms with van der Waals surface area (Å²) in [6.07, 6.45) is 8.21. The minimum Gasteiger partial charge on any atom is -0.497 e. The van der Waals surface area contributed by atoms with Crippen LogP contribution >= 0.6 is 0 Å². The molecule has 4 heteroatoms. The summed E-state index contributed by atoms with van der Waals surface area (Å²) in [5, 5.41) is 10.3. The molecule has 2 atom stereocenters. The van der Waals surface area contributed by atoms with Gasteiger partial charge in [0.15, 0.2) is 5.79 Å². The molecule has 23 heavy (non-hydrogen) atoms. The van der Waals surface area contributed by atoms with Crippen LogP contribution in [0.4, 0.5) is 0 Å². The van der Waals surface area contributed by atoms with Crippen molar-refractivity contribution in [1.82, 2.24) is 0 Å². The number of benzene rings is 1. The summed E-state index contributed by atoms with van der Waals surface area (Å²) in [4.78, 5) is 0. The molecule has 1 saturated heterocycles. The Bertz CT molecular complexity index is 479. The molecule has 0 amide bonds. The summed E-state index contributed by atoms with van der Waals surface area (Å²) >= 11 is 0. The van der Waals surface area contributed by atoms with E-state index >= 15 is 0 Å². The van der Waals surface area contributed by atoms with E-state index < -0.39 is 6.10 Å². The lowest BCUT2D eigenvalue weighted by molar-refractivity contribution is -0.187. The van der Waals surface area contributed by atoms with Crippen molar-refractivity contribution >= 4 is 0 Å². The van der Waals surface area contributed by atoms with Gasteiger partial charge < -0.3 is 19.3 Å². The van der Waals surface area contributed by atoms with Crippen LogP contribution in [0.3, 0.4) is 0 Å². The summed E-state index contributed by atoms with van der Waals surface area (Å²) in [6.45, 7) is 0.707. The van der Waals surface area contributed by atoms with Crippen LogP contribution in [-0.2, 0) is 9.47 Å². The highest BCUT2D eigenvalue weighted by molar-refractivity contribution is 5.28. The summed E-state index contributed by atoms with van der Waals surface area (Å²) < 4.78 is 17.3. The summed E-state index contributed by atoms with van der Waals surface area (Å²) in [7, 11) is 1.65. The summed E-state index contributed by atoms with van der Waals surface area (Å²) in [5.41, 5.74) is 0.943. The zero-order valence-corrected chi connectivity index (χ0v) is 14.0. The third kappa shape index (κ3) is 4.25. The highest BCUT2D eigenvalue weighted by Crippen LogP contribution is 2.38. The highest BCUT2D eigenvalue weighted by Gasteiger charge is 2.41. The number of hydrogen-bond donors (Lipinski definition) is 1. The van der Waals surface area contributed by atoms with E-state index in [-0.39, 0.29) is 11.9 Å². The van der Waals surface area contributed by atoms with E-state index in [1.807, 2.05) is 24.3 Å². The molecular weight excluding hydrogens is 292 g/mol. The van der Waals surface area contributed by atoms with Crippen molar-refractivity contribution in [3.8, 4) is 5.75 Å². The van der Waals surface area contributed by atoms with Crippen LogP contribution in [0.2, 0.25) is 0 Å². The SMILES string of the molecule is COc1ccc(C(O)CCC[C@@H]2COC3(CCCCC3)O2)cc1. The van der Waals surface area contributed by atoms with Gasteiger partial charge in [0.1, 0.15) is 5.75 Å². The van der Waals surface area contributed by atoms with E-state index in [1.165, 1.54) is 19.3 Å². The Morgan fingerprint density at radius 2 is 1.96 bits per heavy atom. The van der Waals surface area contributed by atoms with Crippen LogP contribution in [0.25, 0.3) is 0 Å². The molecule has 128 valence electrons. The minimum absolute atomic E-state index is 0.191. The smallest absolute Gasteiger partial charge is 0.168 e. The molecule has 2 fully saturated rings. The molecule has 4 nitrogen and oxygen atoms in total. The maximum atomic E-state index is 10.3. The van der Waals surface area contributed by atoms with Crippen LogP contribution in [0.5, 0.6) is 5.75 Å². The standard InChI is InChI=1S/C19H28O4/c1-21-16-10-8-15(9-11-16)18(20)7-5-6-17-14-22-19(23-17)12-3-2-4-13-19/h8-11,17-18,20H,2-7,12-14H2,1H3/t17-,18?/m1/s1. The number of aliphatic hydroxyl groups excluding tert-OH is 1. The van der Waals surface area contributed by atoms with E-state index in [4.69, 9.17) is 14.2 Å². The van der Waals surface area contributed by atoms with Gasteiger partial charge in [-0.05, 0) is 49.8 Å². The number of hydrogen-bond acceptors (Lipinski definition) is 4. The molecule has 0 aromatic heterocycles. The zero-order valence-electron chi connectivity index (χ0n) is 14.0. The van der Waals surface area contributed by atoms with Crippen LogP contribution in [0, 0.1) is 0 Å². The number of rotatable bonds is 6. The Kier molecular flexibility index (Phi) is 5.57. The fourth-order valence-corrected chi connectivity index (χ4v) is 3.64. The minimum atomic E-state index is -0.424. The lowest BCUT2D eigenvalue weighted by atomic mass is 9.94. The number of methoxy groups -OCH3 is 1. The van der Waals surface area contributed by atoms with E-state index in [0.29, 0.717) is 6.61 Å². The maximum Gasteiger partial charge on any atom is 0.168 e. The molecule has 1 heterocycles. The fourth-order valence-electron chi connectivity index (χ4n) is 3.64. The third-order valence-corrected chi connectivity index (χ3v) is 5.03. The Morgan fingerprint density at radius 1 is 1.22 bits per heavy atom. The Labute approximate surface area is 138 Å². The lowest BCUT2D eigenvalue weighted by Crippen LogP contribution is -2.33. The summed E-state index contributed by atoms with van der Waals surface area (Å²) in [6, 6.07) is 7.63. The molecule has 1 aliphatic carbocycles. The van der Waals surface area contributed by atoms with Crippen molar-refractivity contribution < 1.29 is 19.3 Å². The van der Waals surface area contributed by atoms with Crippen molar-refractivity contribution in [3.63, 3.8) is 0 Å². The van der Waals surface area contributed by atoms with E-state index in [1.54, 1.807) is 7.11 Å². The molecule has 1 aromatic rings. The van der Waals surface area contributed by atoms with Gasteiger partial charge in [-0.1, -0.05) is 18.6 Å². The first-order valence-corrected chi connectivity index (χ1v) is 8.85. The van der Waals surface area contributed by atoms with Crippen molar-refractivity contribution in [2.75, 3.05) is 13.7 Å². The molecule has 3 rings (SSSR count). The van der Waals surface area contributed by atoms with Crippen LogP contribution < -0.4 is 4.74 Å². The monoisotopic (exact) mass is 320 g/mol. The molecule has 1 spiro atoms. The maximum absolute atomic E-state index is 10.3. The first kappa shape index (κ1) is 16.7. The fraction of sp³-hybridized carbons (Fsp3) is 0.684. The first-order chi connectivity index (χ1) is 11.2. The van der Waals surface area contributed by atoms with Gasteiger partial charge in [0.25, 0.3) is 0 Å². The van der Waals surface area contributed by atoms with Crippen molar-refractivity contribution in [3.05, 3.63) is 29.8 Å². The summed E-state index contributed by atoms with van der Waals surface area (Å²) in [5.74, 6) is 0.535. The Morgan fingerprint density at radius 3 is 2.65 bits per heavy atom. The molecule has 1 aliphatic heterocycles. The van der Waals surface area contributed by atoms with Crippen LogP contribution in [0.15, 0.2) is 24.3 Å². The van der Waals surface area contributed by atoms with Gasteiger partial charge in [0, 0.05) is 12.8 Å². The van der Waals surface area contributed by atoms with Crippen molar-refractivity contribution in [2.45, 2.75) is 69.4 Å². The van der Waals surface area contributed by atoms with Gasteiger partial charge in [-0.3, -0.25) is 0 Å². The largest absolute Gasteiger partial charge is 0.497 e. The Balaban J connectivity index is 1.40. The molecule has 2 aliphatic rings. The highest BCUT2D eigenvalue weighted by atomic mass is 16.7. The van der Waals surface area contributed by atoms with Crippen molar-refractivity contribution in [2.24, 2.45) is 0 Å². The first-order valence-electron chi connectivity index (χ1n) is 8.85. The van der Waals surface area contributed by atoms with Gasteiger partial charge >= 0.3 is 0 Å². The second-order valence-electron chi connectivity index (χ2n) is 6.74. The molecule has 1 saturated carbocycles. The predicted octanol–water partition coefficient (Wildman–Crippen LogP) is 3.97. The molecule has 1 N–H and O–H groups in total. The van der Waals surface area contributed by atoms with Crippen LogP contribution in [-0.4, -0.2) is 30.7 Å². The predicted molar refractivity (Wildman–Crippen MR) is 88.4 cm³/mol. The molecule has 0 radical (unpaired) electrons. The molecular formula is C19H28O4. The number of ether oxygens (including phenoxy) is 3. The van der Waals surface area contributed by atoms with Crippen molar-refractivity contribution in [1.29, 1.82) is 0 Å². The lowest BCUT2D eigenvalue weighted by Gasteiger charge is -2.31.